The molecule has 6 nitrogen and oxygen atoms in total. The molecule has 1 aromatic carbocycles. The Balaban J connectivity index is 2.02. The van der Waals surface area contributed by atoms with Gasteiger partial charge in [-0.25, -0.2) is 0 Å². The van der Waals surface area contributed by atoms with Crippen molar-refractivity contribution in [2.24, 2.45) is 0 Å². The first kappa shape index (κ1) is 22.1. The van der Waals surface area contributed by atoms with Crippen LogP contribution in [-0.2, 0) is 11.3 Å². The molecule has 2 heterocycles. The average Bonchev–Trinajstić information content (AvgIpc) is 3.42. The third-order valence-corrected chi connectivity index (χ3v) is 6.46. The van der Waals surface area contributed by atoms with Crippen LogP contribution in [0.5, 0.6) is 0 Å². The number of nitrogens with one attached hydrogen (secondary N) is 1. The lowest BCUT2D eigenvalue weighted by molar-refractivity contribution is -0.127. The van der Waals surface area contributed by atoms with E-state index in [0.29, 0.717) is 6.54 Å². The second-order valence-corrected chi connectivity index (χ2v) is 9.44. The molecular weight excluding hydrogens is 416 g/mol. The zero-order valence-corrected chi connectivity index (χ0v) is 19.2. The lowest BCUT2D eigenvalue weighted by Crippen LogP contribution is -2.50. The smallest absolute Gasteiger partial charge is 0.276 e. The number of thiophene rings is 1. The molecule has 2 aromatic heterocycles. The number of benzene rings is 1. The van der Waals surface area contributed by atoms with Gasteiger partial charge in [0.05, 0.1) is 0 Å². The summed E-state index contributed by atoms with van der Waals surface area (Å²) in [6.45, 7) is 8.29. The average molecular weight is 443 g/mol. The molecule has 0 aliphatic heterocycles. The van der Waals surface area contributed by atoms with Crippen LogP contribution in [-0.4, -0.2) is 31.8 Å². The Hall–Kier alpha value is -2.58. The monoisotopic (exact) mass is 442 g/mol. The van der Waals surface area contributed by atoms with E-state index in [2.05, 4.69) is 14.9 Å². The van der Waals surface area contributed by atoms with E-state index in [1.807, 2.05) is 69.5 Å². The summed E-state index contributed by atoms with van der Waals surface area (Å²) in [7, 11) is 0. The molecule has 0 saturated heterocycles. The first-order valence-electron chi connectivity index (χ1n) is 9.79. The number of hydrogen-bond acceptors (Lipinski definition) is 6. The minimum atomic E-state index is -0.758. The number of carbonyl (C=O) groups excluding carboxylic acids is 2. The molecular formula is C22H26N4O2S2. The third kappa shape index (κ3) is 5.31. The highest BCUT2D eigenvalue weighted by molar-refractivity contribution is 7.10. The fraction of sp³-hybridized carbons (Fsp3) is 0.364. The molecule has 158 valence electrons. The van der Waals surface area contributed by atoms with Crippen molar-refractivity contribution in [3.05, 3.63) is 68.9 Å². The van der Waals surface area contributed by atoms with Crippen molar-refractivity contribution in [1.82, 2.24) is 19.8 Å². The lowest BCUT2D eigenvalue weighted by atomic mass is 10.0. The largest absolute Gasteiger partial charge is 0.349 e. The standard InChI is InChI=1S/C22H26N4O2S2/c1-5-22(3,4)23-20(27)19(18-7-6-12-29-18)26(21(28)17-14-30-25-24-17)13-16-10-8-15(2)9-11-16/h6-12,14,19H,5,13H2,1-4H3,(H,23,27)/t19-/m1/s1. The number of carbonyl (C=O) groups is 2. The van der Waals surface area contributed by atoms with E-state index in [1.54, 1.807) is 10.3 Å². The summed E-state index contributed by atoms with van der Waals surface area (Å²) in [6.07, 6.45) is 0.776. The molecule has 0 fully saturated rings. The number of aromatic nitrogens is 2. The summed E-state index contributed by atoms with van der Waals surface area (Å²) in [5.74, 6) is -0.514. The highest BCUT2D eigenvalue weighted by atomic mass is 32.1. The highest BCUT2D eigenvalue weighted by Gasteiger charge is 2.35. The molecule has 0 aliphatic carbocycles. The maximum atomic E-state index is 13.4. The van der Waals surface area contributed by atoms with Gasteiger partial charge in [0, 0.05) is 22.3 Å². The summed E-state index contributed by atoms with van der Waals surface area (Å²) in [5.41, 5.74) is 1.95. The fourth-order valence-electron chi connectivity index (χ4n) is 2.94. The van der Waals surface area contributed by atoms with Crippen LogP contribution in [0.15, 0.2) is 47.2 Å². The Morgan fingerprint density at radius 1 is 1.20 bits per heavy atom. The Kier molecular flexibility index (Phi) is 6.99. The SMILES string of the molecule is CCC(C)(C)NC(=O)[C@@H](c1cccs1)N(Cc1ccc(C)cc1)C(=O)c1csnn1. The van der Waals surface area contributed by atoms with Gasteiger partial charge in [-0.3, -0.25) is 9.59 Å². The molecule has 8 heteroatoms. The van der Waals surface area contributed by atoms with Crippen molar-refractivity contribution >= 4 is 34.7 Å². The van der Waals surface area contributed by atoms with E-state index < -0.39 is 6.04 Å². The van der Waals surface area contributed by atoms with Crippen LogP contribution in [0.2, 0.25) is 0 Å². The number of hydrogen-bond donors (Lipinski definition) is 1. The van der Waals surface area contributed by atoms with Crippen molar-refractivity contribution in [3.63, 3.8) is 0 Å². The number of rotatable bonds is 8. The number of nitrogens with zero attached hydrogens (tertiary/aromatic N) is 3. The summed E-state index contributed by atoms with van der Waals surface area (Å²) in [4.78, 5) is 29.3. The van der Waals surface area contributed by atoms with E-state index in [-0.39, 0.29) is 23.0 Å². The summed E-state index contributed by atoms with van der Waals surface area (Å²) >= 11 is 2.58. The Morgan fingerprint density at radius 3 is 2.50 bits per heavy atom. The zero-order chi connectivity index (χ0) is 21.7. The lowest BCUT2D eigenvalue weighted by Gasteiger charge is -2.33. The summed E-state index contributed by atoms with van der Waals surface area (Å²) in [6, 6.07) is 11.0. The first-order chi connectivity index (χ1) is 14.3. The van der Waals surface area contributed by atoms with E-state index in [1.165, 1.54) is 11.3 Å². The van der Waals surface area contributed by atoms with Crippen molar-refractivity contribution < 1.29 is 9.59 Å². The highest BCUT2D eigenvalue weighted by Crippen LogP contribution is 2.29. The Bertz CT molecular complexity index is 967. The fourth-order valence-corrected chi connectivity index (χ4v) is 4.20. The van der Waals surface area contributed by atoms with Crippen LogP contribution in [0.3, 0.4) is 0 Å². The molecule has 0 radical (unpaired) electrons. The van der Waals surface area contributed by atoms with Gasteiger partial charge in [0.1, 0.15) is 6.04 Å². The van der Waals surface area contributed by atoms with Crippen molar-refractivity contribution in [2.75, 3.05) is 0 Å². The Morgan fingerprint density at radius 2 is 1.93 bits per heavy atom. The molecule has 0 bridgehead atoms. The van der Waals surface area contributed by atoms with Gasteiger partial charge >= 0.3 is 0 Å². The van der Waals surface area contributed by atoms with Gasteiger partial charge in [-0.05, 0) is 55.7 Å². The van der Waals surface area contributed by atoms with Crippen LogP contribution >= 0.6 is 22.9 Å². The van der Waals surface area contributed by atoms with Crippen molar-refractivity contribution in [3.8, 4) is 0 Å². The molecule has 3 rings (SSSR count). The van der Waals surface area contributed by atoms with Crippen molar-refractivity contribution in [2.45, 2.75) is 52.2 Å². The molecule has 2 amide bonds. The first-order valence-corrected chi connectivity index (χ1v) is 11.5. The second-order valence-electron chi connectivity index (χ2n) is 7.85. The van der Waals surface area contributed by atoms with Gasteiger partial charge < -0.3 is 10.2 Å². The van der Waals surface area contributed by atoms with Gasteiger partial charge in [-0.2, -0.15) is 0 Å². The maximum Gasteiger partial charge on any atom is 0.276 e. The molecule has 0 saturated carbocycles. The summed E-state index contributed by atoms with van der Waals surface area (Å²) in [5, 5.41) is 10.6. The third-order valence-electron chi connectivity index (χ3n) is 5.03. The molecule has 1 atom stereocenters. The number of amides is 2. The normalized spacial score (nSPS) is 12.4. The molecule has 0 unspecified atom stereocenters. The Labute approximate surface area is 185 Å². The van der Waals surface area contributed by atoms with Gasteiger partial charge in [0.25, 0.3) is 5.91 Å². The van der Waals surface area contributed by atoms with Gasteiger partial charge in [-0.1, -0.05) is 47.3 Å². The van der Waals surface area contributed by atoms with Crippen LogP contribution in [0.1, 0.15) is 59.7 Å². The predicted molar refractivity (Wildman–Crippen MR) is 121 cm³/mol. The molecule has 1 N–H and O–H groups in total. The van der Waals surface area contributed by atoms with Crippen LogP contribution in [0, 0.1) is 6.92 Å². The van der Waals surface area contributed by atoms with Gasteiger partial charge in [-0.15, -0.1) is 16.4 Å². The van der Waals surface area contributed by atoms with Crippen LogP contribution in [0.4, 0.5) is 0 Å². The molecule has 30 heavy (non-hydrogen) atoms. The van der Waals surface area contributed by atoms with Gasteiger partial charge in [0.2, 0.25) is 5.91 Å². The molecule has 0 spiro atoms. The minimum absolute atomic E-state index is 0.201. The summed E-state index contributed by atoms with van der Waals surface area (Å²) < 4.78 is 3.83. The van der Waals surface area contributed by atoms with Crippen LogP contribution in [0.25, 0.3) is 0 Å². The quantitative estimate of drug-likeness (QED) is 0.553. The minimum Gasteiger partial charge on any atom is -0.349 e. The predicted octanol–water partition coefficient (Wildman–Crippen LogP) is 4.60. The topological polar surface area (TPSA) is 75.2 Å². The van der Waals surface area contributed by atoms with E-state index in [9.17, 15) is 9.59 Å². The maximum absolute atomic E-state index is 13.4. The number of aryl methyl sites for hydroxylation is 1. The van der Waals surface area contributed by atoms with Crippen molar-refractivity contribution in [1.29, 1.82) is 0 Å². The molecule has 0 aliphatic rings. The molecule has 3 aromatic rings. The van der Waals surface area contributed by atoms with Crippen LogP contribution < -0.4 is 5.32 Å². The zero-order valence-electron chi connectivity index (χ0n) is 17.6. The van der Waals surface area contributed by atoms with Gasteiger partial charge in [0.15, 0.2) is 5.69 Å². The van der Waals surface area contributed by atoms with E-state index in [0.717, 1.165) is 34.0 Å². The van der Waals surface area contributed by atoms with E-state index >= 15 is 0 Å². The second kappa shape index (κ2) is 9.49. The van der Waals surface area contributed by atoms with E-state index in [4.69, 9.17) is 0 Å².